The van der Waals surface area contributed by atoms with E-state index >= 15 is 0 Å². The van der Waals surface area contributed by atoms with Crippen molar-refractivity contribution in [2.45, 2.75) is 26.3 Å². The SMILES string of the molecule is CC.c1ccc(CC2CNCCN2c2nccc3ccccc23)cc1. The Morgan fingerprint density at radius 2 is 1.76 bits per heavy atom. The Hall–Kier alpha value is -2.39. The maximum absolute atomic E-state index is 4.72. The molecule has 0 bridgehead atoms. The van der Waals surface area contributed by atoms with Crippen LogP contribution in [0.3, 0.4) is 0 Å². The van der Waals surface area contributed by atoms with Gasteiger partial charge in [-0.1, -0.05) is 68.4 Å². The van der Waals surface area contributed by atoms with Gasteiger partial charge in [0.15, 0.2) is 0 Å². The van der Waals surface area contributed by atoms with Crippen LogP contribution in [0.25, 0.3) is 10.8 Å². The Morgan fingerprint density at radius 1 is 1.00 bits per heavy atom. The second-order valence-corrected chi connectivity index (χ2v) is 6.10. The van der Waals surface area contributed by atoms with Crippen LogP contribution in [0.15, 0.2) is 66.9 Å². The van der Waals surface area contributed by atoms with Gasteiger partial charge in [0.25, 0.3) is 0 Å². The molecule has 1 atom stereocenters. The highest BCUT2D eigenvalue weighted by Gasteiger charge is 2.24. The highest BCUT2D eigenvalue weighted by molar-refractivity contribution is 5.92. The number of pyridine rings is 1. The predicted molar refractivity (Wildman–Crippen MR) is 107 cm³/mol. The van der Waals surface area contributed by atoms with E-state index in [1.54, 1.807) is 0 Å². The molecule has 25 heavy (non-hydrogen) atoms. The highest BCUT2D eigenvalue weighted by Crippen LogP contribution is 2.27. The molecule has 1 saturated heterocycles. The quantitative estimate of drug-likeness (QED) is 0.775. The lowest BCUT2D eigenvalue weighted by Gasteiger charge is -2.38. The van der Waals surface area contributed by atoms with Crippen LogP contribution < -0.4 is 10.2 Å². The summed E-state index contributed by atoms with van der Waals surface area (Å²) in [5.74, 6) is 1.12. The van der Waals surface area contributed by atoms with Crippen molar-refractivity contribution in [1.29, 1.82) is 0 Å². The monoisotopic (exact) mass is 333 g/mol. The normalized spacial score (nSPS) is 17.0. The van der Waals surface area contributed by atoms with E-state index in [4.69, 9.17) is 4.98 Å². The van der Waals surface area contributed by atoms with Gasteiger partial charge in [0, 0.05) is 37.3 Å². The molecule has 3 aromatic rings. The summed E-state index contributed by atoms with van der Waals surface area (Å²) >= 11 is 0. The lowest BCUT2D eigenvalue weighted by Crippen LogP contribution is -2.52. The fourth-order valence-corrected chi connectivity index (χ4v) is 3.44. The minimum absolute atomic E-state index is 0.435. The van der Waals surface area contributed by atoms with Crippen LogP contribution in [0.1, 0.15) is 19.4 Å². The van der Waals surface area contributed by atoms with E-state index in [-0.39, 0.29) is 0 Å². The summed E-state index contributed by atoms with van der Waals surface area (Å²) < 4.78 is 0. The zero-order valence-corrected chi connectivity index (χ0v) is 15.2. The van der Waals surface area contributed by atoms with Crippen molar-refractivity contribution in [2.75, 3.05) is 24.5 Å². The van der Waals surface area contributed by atoms with E-state index in [1.807, 2.05) is 20.0 Å². The topological polar surface area (TPSA) is 28.2 Å². The lowest BCUT2D eigenvalue weighted by atomic mass is 10.0. The van der Waals surface area contributed by atoms with Gasteiger partial charge in [0.05, 0.1) is 0 Å². The lowest BCUT2D eigenvalue weighted by molar-refractivity contribution is 0.471. The Balaban J connectivity index is 0.000000880. The van der Waals surface area contributed by atoms with Gasteiger partial charge in [0.1, 0.15) is 5.82 Å². The number of piperazine rings is 1. The zero-order chi connectivity index (χ0) is 17.5. The Morgan fingerprint density at radius 3 is 2.60 bits per heavy atom. The smallest absolute Gasteiger partial charge is 0.136 e. The predicted octanol–water partition coefficient (Wildman–Crippen LogP) is 4.28. The molecule has 0 amide bonds. The third-order valence-corrected chi connectivity index (χ3v) is 4.59. The summed E-state index contributed by atoms with van der Waals surface area (Å²) in [6, 6.07) is 21.8. The molecule has 3 heteroatoms. The largest absolute Gasteiger partial charge is 0.350 e. The van der Waals surface area contributed by atoms with Crippen LogP contribution in [0.2, 0.25) is 0 Å². The van der Waals surface area contributed by atoms with Crippen molar-refractivity contribution in [3.05, 3.63) is 72.4 Å². The number of nitrogens with one attached hydrogen (secondary N) is 1. The maximum Gasteiger partial charge on any atom is 0.136 e. The molecule has 1 aliphatic rings. The number of benzene rings is 2. The average molecular weight is 333 g/mol. The standard InChI is InChI=1S/C20H21N3.C2H6/c1-2-6-16(7-3-1)14-18-15-21-12-13-23(18)20-19-9-5-4-8-17(19)10-11-22-20;1-2/h1-11,18,21H,12-15H2;1-2H3. The van der Waals surface area contributed by atoms with Crippen LogP contribution in [0.5, 0.6) is 0 Å². The van der Waals surface area contributed by atoms with Gasteiger partial charge in [-0.2, -0.15) is 0 Å². The fourth-order valence-electron chi connectivity index (χ4n) is 3.44. The van der Waals surface area contributed by atoms with Crippen molar-refractivity contribution in [3.63, 3.8) is 0 Å². The molecule has 1 N–H and O–H groups in total. The second-order valence-electron chi connectivity index (χ2n) is 6.10. The minimum Gasteiger partial charge on any atom is -0.350 e. The summed E-state index contributed by atoms with van der Waals surface area (Å²) in [5, 5.41) is 6.04. The average Bonchev–Trinajstić information content (AvgIpc) is 2.70. The van der Waals surface area contributed by atoms with Gasteiger partial charge in [-0.25, -0.2) is 4.98 Å². The number of aromatic nitrogens is 1. The first-order valence-electron chi connectivity index (χ1n) is 9.27. The molecule has 1 fully saturated rings. The summed E-state index contributed by atoms with van der Waals surface area (Å²) in [7, 11) is 0. The van der Waals surface area contributed by atoms with Gasteiger partial charge >= 0.3 is 0 Å². The summed E-state index contributed by atoms with van der Waals surface area (Å²) in [5.41, 5.74) is 1.38. The summed E-state index contributed by atoms with van der Waals surface area (Å²) in [6.45, 7) is 7.01. The fraction of sp³-hybridized carbons (Fsp3) is 0.318. The molecule has 2 aromatic carbocycles. The minimum atomic E-state index is 0.435. The second kappa shape index (κ2) is 8.63. The summed E-state index contributed by atoms with van der Waals surface area (Å²) in [4.78, 5) is 7.20. The number of nitrogens with zero attached hydrogens (tertiary/aromatic N) is 2. The van der Waals surface area contributed by atoms with Gasteiger partial charge in [-0.05, 0) is 23.4 Å². The van der Waals surface area contributed by atoms with Crippen molar-refractivity contribution < 1.29 is 0 Å². The van der Waals surface area contributed by atoms with Crippen LogP contribution in [0.4, 0.5) is 5.82 Å². The van der Waals surface area contributed by atoms with E-state index in [0.29, 0.717) is 6.04 Å². The molecule has 0 aliphatic carbocycles. The number of fused-ring (bicyclic) bond motifs is 1. The Bertz CT molecular complexity index is 780. The summed E-state index contributed by atoms with van der Waals surface area (Å²) in [6.07, 6.45) is 2.97. The number of anilines is 1. The number of hydrogen-bond donors (Lipinski definition) is 1. The van der Waals surface area contributed by atoms with E-state index in [9.17, 15) is 0 Å². The van der Waals surface area contributed by atoms with Crippen LogP contribution in [-0.4, -0.2) is 30.7 Å². The van der Waals surface area contributed by atoms with Crippen molar-refractivity contribution in [3.8, 4) is 0 Å². The van der Waals surface area contributed by atoms with Crippen LogP contribution in [0, 0.1) is 0 Å². The number of hydrogen-bond acceptors (Lipinski definition) is 3. The van der Waals surface area contributed by atoms with Crippen molar-refractivity contribution in [1.82, 2.24) is 10.3 Å². The molecule has 4 rings (SSSR count). The molecular formula is C22H27N3. The molecular weight excluding hydrogens is 306 g/mol. The van der Waals surface area contributed by atoms with Gasteiger partial charge in [-0.15, -0.1) is 0 Å². The van der Waals surface area contributed by atoms with Gasteiger partial charge in [0.2, 0.25) is 0 Å². The highest BCUT2D eigenvalue weighted by atomic mass is 15.3. The molecule has 2 heterocycles. The molecule has 0 radical (unpaired) electrons. The molecule has 3 nitrogen and oxygen atoms in total. The molecule has 0 spiro atoms. The third-order valence-electron chi connectivity index (χ3n) is 4.59. The van der Waals surface area contributed by atoms with Crippen LogP contribution >= 0.6 is 0 Å². The first kappa shape index (κ1) is 17.4. The molecule has 130 valence electrons. The third kappa shape index (κ3) is 3.99. The van der Waals surface area contributed by atoms with Crippen LogP contribution in [-0.2, 0) is 6.42 Å². The van der Waals surface area contributed by atoms with Gasteiger partial charge < -0.3 is 10.2 Å². The maximum atomic E-state index is 4.72. The molecule has 0 saturated carbocycles. The first-order valence-corrected chi connectivity index (χ1v) is 9.27. The van der Waals surface area contributed by atoms with E-state index in [1.165, 1.54) is 16.3 Å². The van der Waals surface area contributed by atoms with Crippen molar-refractivity contribution >= 4 is 16.6 Å². The zero-order valence-electron chi connectivity index (χ0n) is 15.2. The van der Waals surface area contributed by atoms with E-state index in [0.717, 1.165) is 31.9 Å². The Labute approximate surface area is 150 Å². The molecule has 1 aliphatic heterocycles. The van der Waals surface area contributed by atoms with Crippen molar-refractivity contribution in [2.24, 2.45) is 0 Å². The van der Waals surface area contributed by atoms with E-state index in [2.05, 4.69) is 70.9 Å². The molecule has 1 unspecified atom stereocenters. The number of rotatable bonds is 3. The first-order chi connectivity index (χ1) is 12.4. The molecule has 1 aromatic heterocycles. The van der Waals surface area contributed by atoms with Gasteiger partial charge in [-0.3, -0.25) is 0 Å². The van der Waals surface area contributed by atoms with E-state index < -0.39 is 0 Å². The Kier molecular flexibility index (Phi) is 6.02.